The Bertz CT molecular complexity index is 878. The Balaban J connectivity index is 1.89. The molecule has 0 saturated carbocycles. The summed E-state index contributed by atoms with van der Waals surface area (Å²) in [4.78, 5) is 24.3. The fourth-order valence-electron chi connectivity index (χ4n) is 6.24. The van der Waals surface area contributed by atoms with Crippen molar-refractivity contribution in [2.75, 3.05) is 13.2 Å². The SMILES string of the molecule is CCCCCC1OC1C/C=C\C/C=C\C/C=C\CCCC(=O)O[C@@H](CO)COC(=O)CCCCCCCCCCCCCCCCCC(C)C. The largest absolute Gasteiger partial charge is 0.462 e. The molecule has 0 aromatic carbocycles. The van der Waals surface area contributed by atoms with Gasteiger partial charge in [0.1, 0.15) is 6.61 Å². The lowest BCUT2D eigenvalue weighted by molar-refractivity contribution is -0.161. The van der Waals surface area contributed by atoms with Crippen molar-refractivity contribution in [1.29, 1.82) is 0 Å². The molecule has 6 nitrogen and oxygen atoms in total. The van der Waals surface area contributed by atoms with Crippen molar-refractivity contribution in [3.05, 3.63) is 36.5 Å². The van der Waals surface area contributed by atoms with Crippen LogP contribution in [0.3, 0.4) is 0 Å². The predicted octanol–water partition coefficient (Wildman–Crippen LogP) is 12.1. The summed E-state index contributed by atoms with van der Waals surface area (Å²) >= 11 is 0. The van der Waals surface area contributed by atoms with Crippen LogP contribution in [-0.2, 0) is 23.8 Å². The van der Waals surface area contributed by atoms with Crippen molar-refractivity contribution in [3.63, 3.8) is 0 Å². The molecule has 6 heteroatoms. The summed E-state index contributed by atoms with van der Waals surface area (Å²) in [5.74, 6) is 0.195. The maximum absolute atomic E-state index is 12.2. The average molecular weight is 703 g/mol. The Hall–Kier alpha value is -1.92. The van der Waals surface area contributed by atoms with Crippen LogP contribution in [0.1, 0.15) is 194 Å². The molecule has 0 spiro atoms. The number of carbonyl (C=O) groups is 2. The second-order valence-corrected chi connectivity index (χ2v) is 14.9. The Kier molecular flexibility index (Phi) is 31.5. The average Bonchev–Trinajstić information content (AvgIpc) is 3.86. The van der Waals surface area contributed by atoms with Gasteiger partial charge in [-0.2, -0.15) is 0 Å². The number of aliphatic hydroxyl groups is 1. The van der Waals surface area contributed by atoms with Gasteiger partial charge in [0, 0.05) is 12.8 Å². The van der Waals surface area contributed by atoms with Gasteiger partial charge in [0.05, 0.1) is 18.8 Å². The molecule has 0 amide bonds. The minimum absolute atomic E-state index is 0.0886. The predicted molar refractivity (Wildman–Crippen MR) is 209 cm³/mol. The number of carbonyl (C=O) groups excluding carboxylic acids is 2. The van der Waals surface area contributed by atoms with E-state index in [1.165, 1.54) is 109 Å². The van der Waals surface area contributed by atoms with Crippen LogP contribution in [0.5, 0.6) is 0 Å². The number of ether oxygens (including phenoxy) is 3. The highest BCUT2D eigenvalue weighted by molar-refractivity contribution is 5.70. The number of allylic oxidation sites excluding steroid dienone is 5. The van der Waals surface area contributed by atoms with Crippen LogP contribution in [0.25, 0.3) is 0 Å². The van der Waals surface area contributed by atoms with Gasteiger partial charge in [0.2, 0.25) is 0 Å². The molecule has 2 unspecified atom stereocenters. The number of esters is 2. The summed E-state index contributed by atoms with van der Waals surface area (Å²) in [6.07, 6.45) is 43.9. The van der Waals surface area contributed by atoms with Crippen molar-refractivity contribution >= 4 is 11.9 Å². The van der Waals surface area contributed by atoms with Gasteiger partial charge in [0.15, 0.2) is 6.10 Å². The monoisotopic (exact) mass is 703 g/mol. The summed E-state index contributed by atoms with van der Waals surface area (Å²) in [5, 5.41) is 9.56. The number of aliphatic hydroxyl groups excluding tert-OH is 1. The molecule has 290 valence electrons. The first-order valence-corrected chi connectivity index (χ1v) is 21.0. The molecule has 1 aliphatic heterocycles. The Morgan fingerprint density at radius 2 is 1.18 bits per heavy atom. The topological polar surface area (TPSA) is 85.4 Å². The molecule has 0 bridgehead atoms. The van der Waals surface area contributed by atoms with E-state index in [1.54, 1.807) is 0 Å². The fourth-order valence-corrected chi connectivity index (χ4v) is 6.24. The summed E-state index contributed by atoms with van der Waals surface area (Å²) in [5.41, 5.74) is 0. The van der Waals surface area contributed by atoms with E-state index in [-0.39, 0.29) is 31.6 Å². The van der Waals surface area contributed by atoms with Gasteiger partial charge in [0.25, 0.3) is 0 Å². The van der Waals surface area contributed by atoms with Gasteiger partial charge in [-0.05, 0) is 50.9 Å². The molecule has 3 atom stereocenters. The zero-order chi connectivity index (χ0) is 36.3. The van der Waals surface area contributed by atoms with Crippen molar-refractivity contribution in [3.8, 4) is 0 Å². The van der Waals surface area contributed by atoms with Crippen LogP contribution >= 0.6 is 0 Å². The van der Waals surface area contributed by atoms with Crippen LogP contribution < -0.4 is 0 Å². The number of hydrogen-bond donors (Lipinski definition) is 1. The molecule has 0 radical (unpaired) electrons. The zero-order valence-electron chi connectivity index (χ0n) is 32.8. The highest BCUT2D eigenvalue weighted by Gasteiger charge is 2.36. The molecule has 50 heavy (non-hydrogen) atoms. The minimum atomic E-state index is -0.801. The normalized spacial score (nSPS) is 16.7. The molecule has 1 rings (SSSR count). The first-order valence-electron chi connectivity index (χ1n) is 21.0. The Morgan fingerprint density at radius 3 is 1.76 bits per heavy atom. The summed E-state index contributed by atoms with van der Waals surface area (Å²) in [6.45, 7) is 6.42. The van der Waals surface area contributed by atoms with Crippen LogP contribution in [0, 0.1) is 5.92 Å². The molecular formula is C44H78O6. The van der Waals surface area contributed by atoms with E-state index in [0.29, 0.717) is 25.0 Å². The highest BCUT2D eigenvalue weighted by Crippen LogP contribution is 2.30. The van der Waals surface area contributed by atoms with Crippen LogP contribution in [0.4, 0.5) is 0 Å². The van der Waals surface area contributed by atoms with Crippen molar-refractivity contribution in [2.24, 2.45) is 5.92 Å². The molecule has 1 heterocycles. The first-order chi connectivity index (χ1) is 24.5. The third-order valence-electron chi connectivity index (χ3n) is 9.54. The second-order valence-electron chi connectivity index (χ2n) is 14.9. The number of hydrogen-bond acceptors (Lipinski definition) is 6. The van der Waals surface area contributed by atoms with Crippen molar-refractivity contribution < 1.29 is 28.9 Å². The molecule has 0 aromatic rings. The molecule has 1 saturated heterocycles. The Labute approximate surface area is 308 Å². The highest BCUT2D eigenvalue weighted by atomic mass is 16.6. The fraction of sp³-hybridized carbons (Fsp3) is 0.818. The number of epoxide rings is 1. The lowest BCUT2D eigenvalue weighted by Crippen LogP contribution is -2.28. The summed E-state index contributed by atoms with van der Waals surface area (Å²) < 4.78 is 16.3. The molecule has 0 aromatic heterocycles. The third kappa shape index (κ3) is 30.9. The standard InChI is InChI=1S/C44H78O6/c1-4-5-27-33-41-42(50-41)34-29-24-20-16-13-14-18-22-26-31-36-44(47)49-40(37-45)38-48-43(46)35-30-25-21-17-12-10-8-6-7-9-11-15-19-23-28-32-39(2)3/h13,16,18,22,24,29,39-42,45H,4-12,14-15,17,19-21,23,25-28,30-38H2,1-3H3/b16-13-,22-18-,29-24-/t40-,41?,42?/m0/s1. The smallest absolute Gasteiger partial charge is 0.306 e. The quantitative estimate of drug-likeness (QED) is 0.0303. The van der Waals surface area contributed by atoms with E-state index in [4.69, 9.17) is 14.2 Å². The van der Waals surface area contributed by atoms with Crippen LogP contribution in [0.15, 0.2) is 36.5 Å². The van der Waals surface area contributed by atoms with Crippen molar-refractivity contribution in [2.45, 2.75) is 212 Å². The van der Waals surface area contributed by atoms with Crippen LogP contribution in [0.2, 0.25) is 0 Å². The van der Waals surface area contributed by atoms with E-state index in [9.17, 15) is 14.7 Å². The van der Waals surface area contributed by atoms with E-state index in [0.717, 1.165) is 50.9 Å². The lowest BCUT2D eigenvalue weighted by Gasteiger charge is -2.15. The van der Waals surface area contributed by atoms with Gasteiger partial charge in [-0.25, -0.2) is 0 Å². The number of unbranched alkanes of at least 4 members (excludes halogenated alkanes) is 17. The third-order valence-corrected chi connectivity index (χ3v) is 9.54. The molecule has 1 aliphatic rings. The summed E-state index contributed by atoms with van der Waals surface area (Å²) in [6, 6.07) is 0. The molecule has 0 aliphatic carbocycles. The van der Waals surface area contributed by atoms with Gasteiger partial charge < -0.3 is 19.3 Å². The lowest BCUT2D eigenvalue weighted by atomic mass is 10.0. The zero-order valence-corrected chi connectivity index (χ0v) is 32.8. The van der Waals surface area contributed by atoms with Gasteiger partial charge in [-0.1, -0.05) is 173 Å². The van der Waals surface area contributed by atoms with Crippen LogP contribution in [-0.4, -0.2) is 48.6 Å². The first kappa shape index (κ1) is 46.1. The maximum atomic E-state index is 12.2. The van der Waals surface area contributed by atoms with E-state index in [2.05, 4.69) is 57.2 Å². The molecular weight excluding hydrogens is 624 g/mol. The van der Waals surface area contributed by atoms with E-state index >= 15 is 0 Å². The van der Waals surface area contributed by atoms with E-state index in [1.807, 2.05) is 0 Å². The summed E-state index contributed by atoms with van der Waals surface area (Å²) in [7, 11) is 0. The molecule has 1 N–H and O–H groups in total. The van der Waals surface area contributed by atoms with E-state index < -0.39 is 6.10 Å². The van der Waals surface area contributed by atoms with Gasteiger partial charge >= 0.3 is 11.9 Å². The molecule has 1 fully saturated rings. The second kappa shape index (κ2) is 34.2. The van der Waals surface area contributed by atoms with Crippen molar-refractivity contribution in [1.82, 2.24) is 0 Å². The van der Waals surface area contributed by atoms with Gasteiger partial charge in [-0.15, -0.1) is 0 Å². The number of rotatable bonds is 36. The van der Waals surface area contributed by atoms with Gasteiger partial charge in [-0.3, -0.25) is 9.59 Å². The maximum Gasteiger partial charge on any atom is 0.306 e. The minimum Gasteiger partial charge on any atom is -0.462 e. The Morgan fingerprint density at radius 1 is 0.640 bits per heavy atom.